The van der Waals surface area contributed by atoms with Crippen molar-refractivity contribution in [3.8, 4) is 5.75 Å². The van der Waals surface area contributed by atoms with E-state index in [2.05, 4.69) is 4.98 Å². The molecule has 0 fully saturated rings. The molecule has 0 amide bonds. The first-order valence-electron chi connectivity index (χ1n) is 6.85. The third-order valence-corrected chi connectivity index (χ3v) is 4.33. The fourth-order valence-electron chi connectivity index (χ4n) is 1.92. The van der Waals surface area contributed by atoms with Crippen LogP contribution in [0.3, 0.4) is 0 Å². The number of thioether (sulfide) groups is 1. The maximum absolute atomic E-state index is 12.0. The molecule has 0 bridgehead atoms. The van der Waals surface area contributed by atoms with Crippen molar-refractivity contribution in [2.75, 3.05) is 7.11 Å². The normalized spacial score (nSPS) is 10.9. The Bertz CT molecular complexity index is 680. The van der Waals surface area contributed by atoms with E-state index in [1.807, 2.05) is 38.1 Å². The Morgan fingerprint density at radius 3 is 2.71 bits per heavy atom. The van der Waals surface area contributed by atoms with E-state index in [-0.39, 0.29) is 11.5 Å². The van der Waals surface area contributed by atoms with E-state index in [1.165, 1.54) is 0 Å². The summed E-state index contributed by atoms with van der Waals surface area (Å²) < 4.78 is 6.94. The Labute approximate surface area is 129 Å². The molecule has 0 spiro atoms. The van der Waals surface area contributed by atoms with Gasteiger partial charge in [-0.05, 0) is 12.0 Å². The first-order valence-corrected chi connectivity index (χ1v) is 7.84. The van der Waals surface area contributed by atoms with E-state index in [1.54, 1.807) is 36.6 Å². The number of hydrogen-bond acceptors (Lipinski definition) is 4. The smallest absolute Gasteiger partial charge is 0.254 e. The Morgan fingerprint density at radius 1 is 1.33 bits per heavy atom. The number of methoxy groups -OCH3 is 1. The van der Waals surface area contributed by atoms with Crippen LogP contribution >= 0.6 is 11.8 Å². The van der Waals surface area contributed by atoms with E-state index < -0.39 is 0 Å². The summed E-state index contributed by atoms with van der Waals surface area (Å²) in [6.45, 7) is 4.08. The summed E-state index contributed by atoms with van der Waals surface area (Å²) >= 11 is 1.55. The van der Waals surface area contributed by atoms with Gasteiger partial charge in [0, 0.05) is 24.4 Å². The Kier molecular flexibility index (Phi) is 5.07. The van der Waals surface area contributed by atoms with Gasteiger partial charge >= 0.3 is 0 Å². The van der Waals surface area contributed by atoms with Crippen molar-refractivity contribution in [1.82, 2.24) is 9.55 Å². The van der Waals surface area contributed by atoms with Crippen LogP contribution in [0.5, 0.6) is 5.75 Å². The summed E-state index contributed by atoms with van der Waals surface area (Å²) in [6.07, 6.45) is 0. The number of hydrogen-bond donors (Lipinski definition) is 0. The second-order valence-electron chi connectivity index (χ2n) is 5.12. The molecule has 1 aromatic heterocycles. The maximum atomic E-state index is 12.0. The summed E-state index contributed by atoms with van der Waals surface area (Å²) in [7, 11) is 3.42. The summed E-state index contributed by atoms with van der Waals surface area (Å²) in [5.41, 5.74) is 1.91. The summed E-state index contributed by atoms with van der Waals surface area (Å²) in [6, 6.07) is 9.50. The minimum absolute atomic E-state index is 0.0174. The first-order chi connectivity index (χ1) is 10.0. The van der Waals surface area contributed by atoms with Crippen LogP contribution in [-0.2, 0) is 12.8 Å². The van der Waals surface area contributed by atoms with E-state index in [9.17, 15) is 4.79 Å². The molecule has 0 saturated heterocycles. The number of nitrogens with zero attached hydrogens (tertiary/aromatic N) is 2. The van der Waals surface area contributed by atoms with Gasteiger partial charge < -0.3 is 4.74 Å². The zero-order valence-corrected chi connectivity index (χ0v) is 13.6. The predicted molar refractivity (Wildman–Crippen MR) is 86.1 cm³/mol. The van der Waals surface area contributed by atoms with Gasteiger partial charge in [0.1, 0.15) is 5.75 Å². The molecular weight excluding hydrogens is 284 g/mol. The van der Waals surface area contributed by atoms with Crippen molar-refractivity contribution in [2.45, 2.75) is 30.7 Å². The molecule has 0 aliphatic rings. The van der Waals surface area contributed by atoms with Gasteiger partial charge in [-0.2, -0.15) is 0 Å². The molecule has 2 rings (SSSR count). The lowest BCUT2D eigenvalue weighted by Crippen LogP contribution is -2.20. The van der Waals surface area contributed by atoms with Crippen LogP contribution in [0, 0.1) is 0 Å². The number of rotatable bonds is 5. The second-order valence-corrected chi connectivity index (χ2v) is 6.06. The largest absolute Gasteiger partial charge is 0.496 e. The molecule has 2 aromatic rings. The zero-order valence-electron chi connectivity index (χ0n) is 12.8. The Balaban J connectivity index is 2.25. The highest BCUT2D eigenvalue weighted by Gasteiger charge is 2.10. The number of para-hydroxylation sites is 1. The van der Waals surface area contributed by atoms with Crippen LogP contribution < -0.4 is 10.3 Å². The topological polar surface area (TPSA) is 44.1 Å². The molecule has 21 heavy (non-hydrogen) atoms. The molecule has 4 nitrogen and oxygen atoms in total. The molecular formula is C16H20N2O2S. The lowest BCUT2D eigenvalue weighted by atomic mass is 10.1. The van der Waals surface area contributed by atoms with Gasteiger partial charge in [0.05, 0.1) is 12.8 Å². The van der Waals surface area contributed by atoms with Crippen LogP contribution in [0.15, 0.2) is 40.3 Å². The number of benzene rings is 1. The average Bonchev–Trinajstić information content (AvgIpc) is 2.48. The minimum atomic E-state index is -0.0174. The molecule has 0 atom stereocenters. The van der Waals surface area contributed by atoms with Crippen molar-refractivity contribution in [3.63, 3.8) is 0 Å². The van der Waals surface area contributed by atoms with Gasteiger partial charge in [-0.3, -0.25) is 9.36 Å². The highest BCUT2D eigenvalue weighted by atomic mass is 32.2. The molecule has 0 radical (unpaired) electrons. The van der Waals surface area contributed by atoms with Crippen molar-refractivity contribution in [3.05, 3.63) is 51.9 Å². The molecule has 0 N–H and O–H groups in total. The zero-order chi connectivity index (χ0) is 15.4. The van der Waals surface area contributed by atoms with Gasteiger partial charge in [0.25, 0.3) is 5.56 Å². The van der Waals surface area contributed by atoms with Crippen LogP contribution in [0.4, 0.5) is 0 Å². The number of ether oxygens (including phenoxy) is 1. The van der Waals surface area contributed by atoms with Gasteiger partial charge in [0.15, 0.2) is 5.16 Å². The van der Waals surface area contributed by atoms with Crippen molar-refractivity contribution in [1.29, 1.82) is 0 Å². The van der Waals surface area contributed by atoms with Crippen LogP contribution in [-0.4, -0.2) is 16.7 Å². The third-order valence-electron chi connectivity index (χ3n) is 3.25. The van der Waals surface area contributed by atoms with Crippen LogP contribution in [0.2, 0.25) is 0 Å². The quantitative estimate of drug-likeness (QED) is 0.628. The molecule has 1 aromatic carbocycles. The summed E-state index contributed by atoms with van der Waals surface area (Å²) in [5.74, 6) is 1.81. The SMILES string of the molecule is COc1ccccc1CSc1nc(C(C)C)cc(=O)n1C. The Morgan fingerprint density at radius 2 is 2.05 bits per heavy atom. The standard InChI is InChI=1S/C16H20N2O2S/c1-11(2)13-9-15(19)18(3)16(17-13)21-10-12-7-5-6-8-14(12)20-4/h5-9,11H,10H2,1-4H3. The van der Waals surface area contributed by atoms with Gasteiger partial charge in [0.2, 0.25) is 0 Å². The van der Waals surface area contributed by atoms with E-state index in [4.69, 9.17) is 4.74 Å². The molecule has 1 heterocycles. The van der Waals surface area contributed by atoms with E-state index in [0.29, 0.717) is 5.75 Å². The lowest BCUT2D eigenvalue weighted by Gasteiger charge is -2.12. The van der Waals surface area contributed by atoms with Gasteiger partial charge in [-0.25, -0.2) is 4.98 Å². The lowest BCUT2D eigenvalue weighted by molar-refractivity contribution is 0.411. The van der Waals surface area contributed by atoms with Gasteiger partial charge in [-0.1, -0.05) is 43.8 Å². The monoisotopic (exact) mass is 304 g/mol. The second kappa shape index (κ2) is 6.80. The van der Waals surface area contributed by atoms with Crippen molar-refractivity contribution in [2.24, 2.45) is 7.05 Å². The van der Waals surface area contributed by atoms with Crippen molar-refractivity contribution < 1.29 is 4.74 Å². The van der Waals surface area contributed by atoms with Crippen molar-refractivity contribution >= 4 is 11.8 Å². The molecule has 0 unspecified atom stereocenters. The summed E-state index contributed by atoms with van der Waals surface area (Å²) in [5, 5.41) is 0.733. The van der Waals surface area contributed by atoms with E-state index in [0.717, 1.165) is 22.2 Å². The average molecular weight is 304 g/mol. The maximum Gasteiger partial charge on any atom is 0.254 e. The predicted octanol–water partition coefficient (Wildman–Crippen LogP) is 3.20. The third kappa shape index (κ3) is 3.67. The number of aromatic nitrogens is 2. The van der Waals surface area contributed by atoms with Gasteiger partial charge in [-0.15, -0.1) is 0 Å². The molecule has 112 valence electrons. The molecule has 0 saturated carbocycles. The highest BCUT2D eigenvalue weighted by molar-refractivity contribution is 7.98. The fraction of sp³-hybridized carbons (Fsp3) is 0.375. The van der Waals surface area contributed by atoms with E-state index >= 15 is 0 Å². The summed E-state index contributed by atoms with van der Waals surface area (Å²) in [4.78, 5) is 16.6. The highest BCUT2D eigenvalue weighted by Crippen LogP contribution is 2.26. The molecule has 5 heteroatoms. The first kappa shape index (κ1) is 15.6. The van der Waals surface area contributed by atoms with Crippen LogP contribution in [0.1, 0.15) is 31.0 Å². The minimum Gasteiger partial charge on any atom is -0.496 e. The molecule has 0 aliphatic carbocycles. The Hall–Kier alpha value is -1.75. The van der Waals surface area contributed by atoms with Crippen LogP contribution in [0.25, 0.3) is 0 Å². The molecule has 0 aliphatic heterocycles. The fourth-order valence-corrected chi connectivity index (χ4v) is 2.90.